The topological polar surface area (TPSA) is 78.9 Å². The number of unbranched alkanes of at least 4 members (excludes halogenated alkanes) is 34. The summed E-state index contributed by atoms with van der Waals surface area (Å²) in [5.74, 6) is -0.912. The molecular weight excluding hydrogens is 901 g/mol. The van der Waals surface area contributed by atoms with Gasteiger partial charge in [0.15, 0.2) is 6.10 Å². The van der Waals surface area contributed by atoms with E-state index in [1.165, 1.54) is 193 Å². The predicted octanol–water partition coefficient (Wildman–Crippen LogP) is 21.3. The highest BCUT2D eigenvalue weighted by atomic mass is 16.6. The normalized spacial score (nSPS) is 12.5. The lowest BCUT2D eigenvalue weighted by Crippen LogP contribution is -2.30. The highest BCUT2D eigenvalue weighted by Crippen LogP contribution is 2.16. The minimum absolute atomic E-state index is 0.0875. The molecule has 422 valence electrons. The second kappa shape index (κ2) is 61.4. The Labute approximate surface area is 453 Å². The Morgan fingerprint density at radius 1 is 0.274 bits per heavy atom. The molecule has 0 aromatic rings. The first-order valence-corrected chi connectivity index (χ1v) is 31.4. The van der Waals surface area contributed by atoms with Crippen molar-refractivity contribution in [3.8, 4) is 0 Å². The Morgan fingerprint density at radius 2 is 0.493 bits per heavy atom. The van der Waals surface area contributed by atoms with E-state index in [0.29, 0.717) is 19.3 Å². The number of ether oxygens (including phenoxy) is 3. The van der Waals surface area contributed by atoms with Gasteiger partial charge in [-0.1, -0.05) is 254 Å². The van der Waals surface area contributed by atoms with Crippen molar-refractivity contribution < 1.29 is 28.6 Å². The van der Waals surface area contributed by atoms with Crippen molar-refractivity contribution in [3.05, 3.63) is 72.9 Å². The van der Waals surface area contributed by atoms with Crippen molar-refractivity contribution >= 4 is 17.9 Å². The first-order valence-electron chi connectivity index (χ1n) is 31.4. The fourth-order valence-electron chi connectivity index (χ4n) is 8.89. The molecule has 1 atom stereocenters. The van der Waals surface area contributed by atoms with E-state index >= 15 is 0 Å². The van der Waals surface area contributed by atoms with Gasteiger partial charge in [0.05, 0.1) is 0 Å². The molecule has 0 bridgehead atoms. The molecule has 0 saturated carbocycles. The standard InChI is InChI=1S/C67H118O6/c1-4-7-10-13-16-19-22-25-28-31-33-36-39-42-45-48-51-54-57-60-66(69)72-63-64(62-71-65(68)59-56-53-50-47-44-41-38-35-30-27-24-21-18-15-12-9-6-3)73-67(70)61-58-55-52-49-46-43-40-37-34-32-29-26-23-20-17-14-11-8-5-2/h16,19,25-30,33,36,42,45,64H,4-15,17-18,20-24,31-32,34-35,37-41,43-44,46-63H2,1-3H3/b19-16+,28-25+,29-26+,30-27+,36-33+,45-42+/t64-/m1/s1. The average molecular weight is 1020 g/mol. The summed E-state index contributed by atoms with van der Waals surface area (Å²) in [5.41, 5.74) is 0. The second-order valence-corrected chi connectivity index (χ2v) is 21.0. The zero-order chi connectivity index (χ0) is 52.9. The van der Waals surface area contributed by atoms with E-state index in [-0.39, 0.29) is 31.1 Å². The summed E-state index contributed by atoms with van der Waals surface area (Å²) in [6, 6.07) is 0. The van der Waals surface area contributed by atoms with Gasteiger partial charge in [0.25, 0.3) is 0 Å². The van der Waals surface area contributed by atoms with Gasteiger partial charge in [-0.05, 0) is 116 Å². The molecule has 0 radical (unpaired) electrons. The molecule has 0 aliphatic rings. The molecule has 0 heterocycles. The zero-order valence-electron chi connectivity index (χ0n) is 48.4. The maximum absolute atomic E-state index is 12.9. The molecule has 0 aromatic carbocycles. The van der Waals surface area contributed by atoms with Crippen molar-refractivity contribution in [2.45, 2.75) is 322 Å². The number of allylic oxidation sites excluding steroid dienone is 12. The monoisotopic (exact) mass is 1020 g/mol. The Hall–Kier alpha value is -3.15. The van der Waals surface area contributed by atoms with Crippen molar-refractivity contribution in [1.29, 1.82) is 0 Å². The molecule has 0 rings (SSSR count). The van der Waals surface area contributed by atoms with E-state index in [9.17, 15) is 14.4 Å². The van der Waals surface area contributed by atoms with Crippen LogP contribution in [0.1, 0.15) is 316 Å². The average Bonchev–Trinajstić information content (AvgIpc) is 3.39. The van der Waals surface area contributed by atoms with Gasteiger partial charge < -0.3 is 14.2 Å². The molecule has 0 saturated heterocycles. The molecule has 0 spiro atoms. The van der Waals surface area contributed by atoms with Crippen LogP contribution in [0.25, 0.3) is 0 Å². The maximum atomic E-state index is 12.9. The molecule has 0 N–H and O–H groups in total. The smallest absolute Gasteiger partial charge is 0.306 e. The second-order valence-electron chi connectivity index (χ2n) is 21.0. The molecule has 73 heavy (non-hydrogen) atoms. The number of rotatable bonds is 57. The Kier molecular flexibility index (Phi) is 58.7. The van der Waals surface area contributed by atoms with Crippen LogP contribution in [0.15, 0.2) is 72.9 Å². The zero-order valence-corrected chi connectivity index (χ0v) is 48.4. The van der Waals surface area contributed by atoms with Gasteiger partial charge in [0.2, 0.25) is 0 Å². The quantitative estimate of drug-likeness (QED) is 0.0261. The van der Waals surface area contributed by atoms with E-state index < -0.39 is 6.10 Å². The van der Waals surface area contributed by atoms with Crippen molar-refractivity contribution in [2.24, 2.45) is 0 Å². The summed E-state index contributed by atoms with van der Waals surface area (Å²) in [6.07, 6.45) is 78.9. The van der Waals surface area contributed by atoms with Crippen molar-refractivity contribution in [2.75, 3.05) is 13.2 Å². The third-order valence-corrected chi connectivity index (χ3v) is 13.7. The summed E-state index contributed by atoms with van der Waals surface area (Å²) >= 11 is 0. The lowest BCUT2D eigenvalue weighted by molar-refractivity contribution is -0.167. The molecule has 0 aliphatic heterocycles. The third kappa shape index (κ3) is 59.6. The lowest BCUT2D eigenvalue weighted by Gasteiger charge is -2.18. The number of hydrogen-bond acceptors (Lipinski definition) is 6. The molecule has 6 nitrogen and oxygen atoms in total. The fraction of sp³-hybridized carbons (Fsp3) is 0.776. The molecule has 0 unspecified atom stereocenters. The SMILES string of the molecule is CCCCC/C=C/C/C=C/C/C=C/C/C=C/CCCCCC(=O)OC[C@@H](COC(=O)CCCCCCCCC/C=C/CCCCCCCC)OC(=O)CCCCCCCCCCC/C=C/CCCCCCCC. The Morgan fingerprint density at radius 3 is 0.822 bits per heavy atom. The molecule has 0 aliphatic carbocycles. The van der Waals surface area contributed by atoms with Crippen LogP contribution in [0, 0.1) is 0 Å². The number of carbonyl (C=O) groups excluding carboxylic acids is 3. The molecule has 0 aromatic heterocycles. The molecule has 0 amide bonds. The third-order valence-electron chi connectivity index (χ3n) is 13.7. The predicted molar refractivity (Wildman–Crippen MR) is 316 cm³/mol. The number of hydrogen-bond donors (Lipinski definition) is 0. The summed E-state index contributed by atoms with van der Waals surface area (Å²) in [5, 5.41) is 0. The van der Waals surface area contributed by atoms with E-state index in [4.69, 9.17) is 14.2 Å². The number of carbonyl (C=O) groups is 3. The highest BCUT2D eigenvalue weighted by molar-refractivity contribution is 5.71. The molecule has 6 heteroatoms. The van der Waals surface area contributed by atoms with Crippen LogP contribution >= 0.6 is 0 Å². The molecule has 0 fully saturated rings. The Bertz CT molecular complexity index is 1360. The summed E-state index contributed by atoms with van der Waals surface area (Å²) in [7, 11) is 0. The maximum Gasteiger partial charge on any atom is 0.306 e. The van der Waals surface area contributed by atoms with Gasteiger partial charge in [-0.2, -0.15) is 0 Å². The summed E-state index contributed by atoms with van der Waals surface area (Å²) < 4.78 is 16.9. The van der Waals surface area contributed by atoms with Crippen LogP contribution in [0.5, 0.6) is 0 Å². The van der Waals surface area contributed by atoms with Gasteiger partial charge in [-0.15, -0.1) is 0 Å². The first kappa shape index (κ1) is 69.8. The van der Waals surface area contributed by atoms with Gasteiger partial charge in [0.1, 0.15) is 13.2 Å². The van der Waals surface area contributed by atoms with Crippen molar-refractivity contribution in [3.63, 3.8) is 0 Å². The minimum atomic E-state index is -0.793. The minimum Gasteiger partial charge on any atom is -0.462 e. The van der Waals surface area contributed by atoms with Crippen LogP contribution in [0.3, 0.4) is 0 Å². The van der Waals surface area contributed by atoms with Crippen molar-refractivity contribution in [1.82, 2.24) is 0 Å². The van der Waals surface area contributed by atoms with Crippen LogP contribution in [0.2, 0.25) is 0 Å². The fourth-order valence-corrected chi connectivity index (χ4v) is 8.89. The van der Waals surface area contributed by atoms with Gasteiger partial charge in [-0.3, -0.25) is 14.4 Å². The van der Waals surface area contributed by atoms with Gasteiger partial charge >= 0.3 is 17.9 Å². The van der Waals surface area contributed by atoms with E-state index in [1.807, 2.05) is 0 Å². The van der Waals surface area contributed by atoms with E-state index in [0.717, 1.165) is 83.5 Å². The highest BCUT2D eigenvalue weighted by Gasteiger charge is 2.19. The Balaban J connectivity index is 4.43. The van der Waals surface area contributed by atoms with Gasteiger partial charge in [0, 0.05) is 19.3 Å². The van der Waals surface area contributed by atoms with E-state index in [2.05, 4.69) is 93.7 Å². The van der Waals surface area contributed by atoms with Crippen LogP contribution in [-0.2, 0) is 28.6 Å². The summed E-state index contributed by atoms with van der Waals surface area (Å²) in [4.78, 5) is 38.3. The van der Waals surface area contributed by atoms with Crippen LogP contribution in [-0.4, -0.2) is 37.2 Å². The number of esters is 3. The largest absolute Gasteiger partial charge is 0.462 e. The lowest BCUT2D eigenvalue weighted by atomic mass is 10.1. The van der Waals surface area contributed by atoms with Crippen LogP contribution in [0.4, 0.5) is 0 Å². The summed E-state index contributed by atoms with van der Waals surface area (Å²) in [6.45, 7) is 6.61. The first-order chi connectivity index (χ1) is 36.0. The van der Waals surface area contributed by atoms with E-state index in [1.54, 1.807) is 0 Å². The molecular formula is C67H118O6. The van der Waals surface area contributed by atoms with Gasteiger partial charge in [-0.25, -0.2) is 0 Å². The van der Waals surface area contributed by atoms with Crippen LogP contribution < -0.4 is 0 Å².